The summed E-state index contributed by atoms with van der Waals surface area (Å²) in [4.78, 5) is 32.0. The summed E-state index contributed by atoms with van der Waals surface area (Å²) in [5, 5.41) is 12.2. The zero-order valence-electron chi connectivity index (χ0n) is 17.9. The summed E-state index contributed by atoms with van der Waals surface area (Å²) in [5.41, 5.74) is 1.86. The number of rotatable bonds is 4. The number of nitrogens with zero attached hydrogens (tertiary/aromatic N) is 4. The van der Waals surface area contributed by atoms with Crippen LogP contribution in [0.3, 0.4) is 0 Å². The number of amidine groups is 1. The van der Waals surface area contributed by atoms with Crippen LogP contribution in [0.1, 0.15) is 5.76 Å². The molecule has 0 saturated carbocycles. The van der Waals surface area contributed by atoms with Gasteiger partial charge < -0.3 is 14.2 Å². The molecule has 1 amide bonds. The van der Waals surface area contributed by atoms with Crippen LogP contribution in [-0.4, -0.2) is 47.1 Å². The molecule has 0 unspecified atom stereocenters. The van der Waals surface area contributed by atoms with Crippen LogP contribution in [0, 0.1) is 10.1 Å². The Labute approximate surface area is 204 Å². The maximum absolute atomic E-state index is 12.5. The highest BCUT2D eigenvalue weighted by molar-refractivity contribution is 8.18. The van der Waals surface area contributed by atoms with E-state index in [9.17, 15) is 14.9 Å². The van der Waals surface area contributed by atoms with Gasteiger partial charge in [-0.15, -0.1) is 0 Å². The van der Waals surface area contributed by atoms with Crippen LogP contribution in [0.2, 0.25) is 5.02 Å². The number of nitro benzene ring substituents is 1. The van der Waals surface area contributed by atoms with E-state index in [-0.39, 0.29) is 11.6 Å². The first-order valence-electron chi connectivity index (χ1n) is 10.6. The summed E-state index contributed by atoms with van der Waals surface area (Å²) in [6.07, 6.45) is 1.68. The van der Waals surface area contributed by atoms with E-state index in [0.29, 0.717) is 26.6 Å². The lowest BCUT2D eigenvalue weighted by molar-refractivity contribution is -0.384. The van der Waals surface area contributed by atoms with Crippen LogP contribution >= 0.6 is 23.4 Å². The quantitative estimate of drug-likeness (QED) is 0.276. The van der Waals surface area contributed by atoms with Crippen molar-refractivity contribution < 1.29 is 14.1 Å². The highest BCUT2D eigenvalue weighted by atomic mass is 35.5. The van der Waals surface area contributed by atoms with Crippen molar-refractivity contribution in [1.29, 1.82) is 0 Å². The summed E-state index contributed by atoms with van der Waals surface area (Å²) in [6, 6.07) is 17.5. The Bertz CT molecular complexity index is 1290. The number of hydrogen-bond acceptors (Lipinski definition) is 7. The molecular formula is C24H19ClN4O4S. The van der Waals surface area contributed by atoms with Gasteiger partial charge in [0.25, 0.3) is 11.6 Å². The minimum atomic E-state index is -0.445. The largest absolute Gasteiger partial charge is 0.457 e. The van der Waals surface area contributed by atoms with E-state index in [1.165, 1.54) is 23.9 Å². The minimum Gasteiger partial charge on any atom is -0.457 e. The van der Waals surface area contributed by atoms with E-state index in [0.717, 1.165) is 37.4 Å². The zero-order valence-corrected chi connectivity index (χ0v) is 19.5. The van der Waals surface area contributed by atoms with Crippen LogP contribution in [0.25, 0.3) is 17.4 Å². The normalized spacial score (nSPS) is 17.4. The molecule has 2 aromatic carbocycles. The Hall–Kier alpha value is -3.56. The van der Waals surface area contributed by atoms with E-state index in [1.807, 2.05) is 24.3 Å². The Balaban J connectivity index is 1.22. The second-order valence-electron chi connectivity index (χ2n) is 7.77. The van der Waals surface area contributed by atoms with E-state index in [4.69, 9.17) is 16.0 Å². The first-order chi connectivity index (χ1) is 16.5. The molecule has 172 valence electrons. The summed E-state index contributed by atoms with van der Waals surface area (Å²) < 4.78 is 5.84. The third kappa shape index (κ3) is 4.71. The van der Waals surface area contributed by atoms with Crippen molar-refractivity contribution in [3.63, 3.8) is 0 Å². The zero-order chi connectivity index (χ0) is 23.7. The van der Waals surface area contributed by atoms with Gasteiger partial charge in [0.15, 0.2) is 5.17 Å². The molecule has 10 heteroatoms. The van der Waals surface area contributed by atoms with Gasteiger partial charge in [-0.2, -0.15) is 4.99 Å². The molecule has 0 N–H and O–H groups in total. The number of halogens is 1. The van der Waals surface area contributed by atoms with Crippen molar-refractivity contribution in [2.45, 2.75) is 0 Å². The first-order valence-corrected chi connectivity index (χ1v) is 11.8. The van der Waals surface area contributed by atoms with Gasteiger partial charge in [0.1, 0.15) is 11.5 Å². The molecule has 0 atom stereocenters. The van der Waals surface area contributed by atoms with Gasteiger partial charge in [0.2, 0.25) is 0 Å². The Morgan fingerprint density at radius 3 is 2.32 bits per heavy atom. The van der Waals surface area contributed by atoms with Crippen LogP contribution in [0.15, 0.2) is 75.0 Å². The summed E-state index contributed by atoms with van der Waals surface area (Å²) in [5.74, 6) is 0.804. The van der Waals surface area contributed by atoms with E-state index < -0.39 is 4.92 Å². The van der Waals surface area contributed by atoms with Gasteiger partial charge in [-0.05, 0) is 60.3 Å². The molecule has 2 aliphatic rings. The third-order valence-corrected chi connectivity index (χ3v) is 6.91. The lowest BCUT2D eigenvalue weighted by Crippen LogP contribution is -2.47. The van der Waals surface area contributed by atoms with Gasteiger partial charge in [0.05, 0.1) is 9.83 Å². The predicted octanol–water partition coefficient (Wildman–Crippen LogP) is 5.30. The van der Waals surface area contributed by atoms with E-state index >= 15 is 0 Å². The van der Waals surface area contributed by atoms with E-state index in [1.54, 1.807) is 30.3 Å². The minimum absolute atomic E-state index is 0.0178. The maximum Gasteiger partial charge on any atom is 0.286 e. The molecule has 3 aromatic rings. The summed E-state index contributed by atoms with van der Waals surface area (Å²) >= 11 is 7.33. The monoisotopic (exact) mass is 494 g/mol. The molecule has 1 aromatic heterocycles. The molecule has 0 spiro atoms. The van der Waals surface area contributed by atoms with Gasteiger partial charge in [-0.3, -0.25) is 14.9 Å². The number of carbonyl (C=O) groups is 1. The fraction of sp³-hybridized carbons (Fsp3) is 0.167. The fourth-order valence-corrected chi connectivity index (χ4v) is 4.87. The number of piperazine rings is 1. The number of carbonyl (C=O) groups excluding carboxylic acids is 1. The molecule has 8 nitrogen and oxygen atoms in total. The second-order valence-corrected chi connectivity index (χ2v) is 9.21. The molecule has 0 bridgehead atoms. The van der Waals surface area contributed by atoms with Crippen molar-refractivity contribution >= 4 is 51.9 Å². The van der Waals surface area contributed by atoms with Gasteiger partial charge >= 0.3 is 0 Å². The van der Waals surface area contributed by atoms with Crippen LogP contribution in [0.4, 0.5) is 11.4 Å². The van der Waals surface area contributed by atoms with Crippen LogP contribution in [0.5, 0.6) is 0 Å². The molecule has 0 radical (unpaired) electrons. The molecule has 5 rings (SSSR count). The SMILES string of the molecule is O=C1N=C(N2CCN(c3ccc(Cl)cc3)CC2)SC1=Cc1ccc(-c2ccc([N+](=O)[O-])cc2)o1. The average molecular weight is 495 g/mol. The number of furan rings is 1. The Morgan fingerprint density at radius 1 is 0.971 bits per heavy atom. The van der Waals surface area contributed by atoms with Gasteiger partial charge in [-0.25, -0.2) is 0 Å². The van der Waals surface area contributed by atoms with Crippen LogP contribution in [-0.2, 0) is 4.79 Å². The third-order valence-electron chi connectivity index (χ3n) is 5.61. The lowest BCUT2D eigenvalue weighted by Gasteiger charge is -2.36. The van der Waals surface area contributed by atoms with Gasteiger partial charge in [0, 0.05) is 60.7 Å². The fourth-order valence-electron chi connectivity index (χ4n) is 3.80. The smallest absolute Gasteiger partial charge is 0.286 e. The van der Waals surface area contributed by atoms with Crippen molar-refractivity contribution in [3.05, 3.63) is 86.5 Å². The van der Waals surface area contributed by atoms with E-state index in [2.05, 4.69) is 14.8 Å². The highest BCUT2D eigenvalue weighted by Gasteiger charge is 2.29. The molecule has 3 heterocycles. The number of amides is 1. The van der Waals surface area contributed by atoms with Crippen molar-refractivity contribution in [2.24, 2.45) is 4.99 Å². The predicted molar refractivity (Wildman–Crippen MR) is 134 cm³/mol. The number of hydrogen-bond donors (Lipinski definition) is 0. The Morgan fingerprint density at radius 2 is 1.65 bits per heavy atom. The number of benzene rings is 2. The summed E-state index contributed by atoms with van der Waals surface area (Å²) in [6.45, 7) is 3.18. The number of non-ortho nitro benzene ring substituents is 1. The topological polar surface area (TPSA) is 92.2 Å². The molecule has 0 aliphatic carbocycles. The number of aliphatic imine (C=N–C) groups is 1. The molecule has 2 aliphatic heterocycles. The second kappa shape index (κ2) is 9.36. The first kappa shape index (κ1) is 22.2. The number of anilines is 1. The average Bonchev–Trinajstić information content (AvgIpc) is 3.47. The molecule has 34 heavy (non-hydrogen) atoms. The highest BCUT2D eigenvalue weighted by Crippen LogP contribution is 2.33. The van der Waals surface area contributed by atoms with Crippen molar-refractivity contribution in [3.8, 4) is 11.3 Å². The number of nitro groups is 1. The summed E-state index contributed by atoms with van der Waals surface area (Å²) in [7, 11) is 0. The molecule has 1 saturated heterocycles. The maximum atomic E-state index is 12.5. The lowest BCUT2D eigenvalue weighted by atomic mass is 10.1. The van der Waals surface area contributed by atoms with Gasteiger partial charge in [-0.1, -0.05) is 11.6 Å². The number of thioether (sulfide) groups is 1. The standard InChI is InChI=1S/C24H19ClN4O4S/c25-17-3-7-18(8-4-17)27-11-13-28(14-12-27)24-26-23(30)22(34-24)15-20-9-10-21(33-20)16-1-5-19(6-2-16)29(31)32/h1-10,15H,11-14H2. The van der Waals surface area contributed by atoms with Crippen LogP contribution < -0.4 is 4.90 Å². The molecular weight excluding hydrogens is 476 g/mol. The Kier molecular flexibility index (Phi) is 6.12. The molecule has 1 fully saturated rings. The van der Waals surface area contributed by atoms with Crippen molar-refractivity contribution in [1.82, 2.24) is 4.90 Å². The van der Waals surface area contributed by atoms with Crippen molar-refractivity contribution in [2.75, 3.05) is 31.1 Å².